The smallest absolute Gasteiger partial charge is 0.268 e. The lowest BCUT2D eigenvalue weighted by Crippen LogP contribution is -2.46. The summed E-state index contributed by atoms with van der Waals surface area (Å²) in [5, 5.41) is 13.9. The molecule has 0 radical (unpaired) electrons. The van der Waals surface area contributed by atoms with Crippen LogP contribution >= 0.6 is 7.82 Å². The van der Waals surface area contributed by atoms with E-state index in [9.17, 15) is 19.4 Å². The molecule has 0 aliphatic rings. The van der Waals surface area contributed by atoms with Gasteiger partial charge in [-0.25, -0.2) is 0 Å². The van der Waals surface area contributed by atoms with E-state index in [1.54, 1.807) is 0 Å². The second-order valence-corrected chi connectivity index (χ2v) is 17.1. The Morgan fingerprint density at radius 1 is 0.633 bits per heavy atom. The number of quaternary nitrogens is 1. The highest BCUT2D eigenvalue weighted by molar-refractivity contribution is 7.45. The molecule has 3 unspecified atom stereocenters. The minimum Gasteiger partial charge on any atom is -0.756 e. The van der Waals surface area contributed by atoms with Gasteiger partial charge in [0, 0.05) is 6.42 Å². The van der Waals surface area contributed by atoms with Gasteiger partial charge in [0.25, 0.3) is 7.82 Å². The second kappa shape index (κ2) is 33.3. The quantitative estimate of drug-likeness (QED) is 0.0374. The molecule has 0 bridgehead atoms. The van der Waals surface area contributed by atoms with Gasteiger partial charge in [-0.2, -0.15) is 0 Å². The molecular weight excluding hydrogens is 635 g/mol. The van der Waals surface area contributed by atoms with Crippen LogP contribution in [0.15, 0.2) is 0 Å². The first-order chi connectivity index (χ1) is 23.5. The van der Waals surface area contributed by atoms with Gasteiger partial charge in [0.2, 0.25) is 5.91 Å². The molecule has 2 N–H and O–H groups in total. The summed E-state index contributed by atoms with van der Waals surface area (Å²) < 4.78 is 23.2. The van der Waals surface area contributed by atoms with Crippen LogP contribution < -0.4 is 10.2 Å². The predicted molar refractivity (Wildman–Crippen MR) is 206 cm³/mol. The Bertz CT molecular complexity index is 778. The fraction of sp³-hybridized carbons (Fsp3) is 0.975. The number of aliphatic hydroxyl groups excluding tert-OH is 1. The van der Waals surface area contributed by atoms with Crippen LogP contribution in [0, 0.1) is 0 Å². The number of aliphatic hydroxyl groups is 1. The van der Waals surface area contributed by atoms with Crippen molar-refractivity contribution >= 4 is 13.7 Å². The van der Waals surface area contributed by atoms with Gasteiger partial charge in [0.15, 0.2) is 0 Å². The molecule has 0 aliphatic heterocycles. The van der Waals surface area contributed by atoms with Gasteiger partial charge in [-0.05, 0) is 12.8 Å². The summed E-state index contributed by atoms with van der Waals surface area (Å²) in [5.41, 5.74) is 0. The van der Waals surface area contributed by atoms with E-state index in [4.69, 9.17) is 9.05 Å². The Labute approximate surface area is 304 Å². The predicted octanol–water partition coefficient (Wildman–Crippen LogP) is 10.4. The number of carbonyl (C=O) groups is 1. The van der Waals surface area contributed by atoms with Crippen LogP contribution in [-0.4, -0.2) is 68.5 Å². The number of carbonyl (C=O) groups excluding carboxylic acids is 1. The third-order valence-corrected chi connectivity index (χ3v) is 10.6. The van der Waals surface area contributed by atoms with E-state index in [0.717, 1.165) is 38.5 Å². The Kier molecular flexibility index (Phi) is 33.0. The molecule has 9 heteroatoms. The molecule has 0 rings (SSSR count). The molecule has 49 heavy (non-hydrogen) atoms. The first-order valence-electron chi connectivity index (χ1n) is 20.9. The van der Waals surface area contributed by atoms with Crippen LogP contribution in [0.4, 0.5) is 0 Å². The highest BCUT2D eigenvalue weighted by atomic mass is 31.2. The molecule has 1 amide bonds. The van der Waals surface area contributed by atoms with E-state index in [2.05, 4.69) is 19.2 Å². The Morgan fingerprint density at radius 3 is 1.39 bits per heavy atom. The lowest BCUT2D eigenvalue weighted by Gasteiger charge is -2.30. The average molecular weight is 719 g/mol. The van der Waals surface area contributed by atoms with Gasteiger partial charge in [0.1, 0.15) is 13.2 Å². The fourth-order valence-corrected chi connectivity index (χ4v) is 6.94. The van der Waals surface area contributed by atoms with Crippen LogP contribution in [0.2, 0.25) is 0 Å². The number of likely N-dealkylation sites (N-methyl/N-ethyl adjacent to an activating group) is 1. The molecule has 0 aliphatic carbocycles. The molecule has 0 fully saturated rings. The van der Waals surface area contributed by atoms with Crippen molar-refractivity contribution < 1.29 is 32.9 Å². The zero-order valence-electron chi connectivity index (χ0n) is 33.2. The molecular formula is C40H83N2O6P. The lowest BCUT2D eigenvalue weighted by molar-refractivity contribution is -0.870. The van der Waals surface area contributed by atoms with Crippen molar-refractivity contribution in [2.75, 3.05) is 40.9 Å². The van der Waals surface area contributed by atoms with E-state index >= 15 is 0 Å². The summed E-state index contributed by atoms with van der Waals surface area (Å²) in [4.78, 5) is 25.2. The number of hydrogen-bond acceptors (Lipinski definition) is 6. The third kappa shape index (κ3) is 35.7. The van der Waals surface area contributed by atoms with E-state index in [-0.39, 0.29) is 19.1 Å². The number of nitrogens with one attached hydrogen (secondary N) is 1. The van der Waals surface area contributed by atoms with E-state index in [1.807, 2.05) is 21.1 Å². The van der Waals surface area contributed by atoms with Crippen molar-refractivity contribution in [3.63, 3.8) is 0 Å². The number of unbranched alkanes of at least 4 members (excludes halogenated alkanes) is 25. The van der Waals surface area contributed by atoms with Crippen LogP contribution in [0.25, 0.3) is 0 Å². The molecule has 0 heterocycles. The minimum atomic E-state index is -4.55. The number of phosphoric acid groups is 1. The molecule has 0 aromatic carbocycles. The monoisotopic (exact) mass is 719 g/mol. The van der Waals surface area contributed by atoms with E-state index in [0.29, 0.717) is 23.9 Å². The van der Waals surface area contributed by atoms with Crippen LogP contribution in [0.1, 0.15) is 200 Å². The maximum Gasteiger partial charge on any atom is 0.268 e. The molecule has 3 atom stereocenters. The fourth-order valence-electron chi connectivity index (χ4n) is 6.22. The summed E-state index contributed by atoms with van der Waals surface area (Å²) in [6, 6.07) is -0.791. The molecule has 0 aromatic rings. The Hall–Kier alpha value is -0.500. The van der Waals surface area contributed by atoms with Gasteiger partial charge < -0.3 is 28.8 Å². The van der Waals surface area contributed by atoms with Crippen LogP contribution in [0.3, 0.4) is 0 Å². The maximum absolute atomic E-state index is 12.8. The zero-order valence-corrected chi connectivity index (χ0v) is 34.1. The number of hydrogen-bond donors (Lipinski definition) is 2. The number of nitrogens with zero attached hydrogens (tertiary/aromatic N) is 1. The van der Waals surface area contributed by atoms with Crippen LogP contribution in [-0.2, 0) is 18.4 Å². The lowest BCUT2D eigenvalue weighted by atomic mass is 10.0. The normalized spacial score (nSPS) is 14.5. The van der Waals surface area contributed by atoms with Crippen molar-refractivity contribution in [1.82, 2.24) is 5.32 Å². The van der Waals surface area contributed by atoms with Gasteiger partial charge in [-0.3, -0.25) is 9.36 Å². The Balaban J connectivity index is 4.37. The van der Waals surface area contributed by atoms with Crippen LogP contribution in [0.5, 0.6) is 0 Å². The van der Waals surface area contributed by atoms with Crippen molar-refractivity contribution in [3.8, 4) is 0 Å². The first kappa shape index (κ1) is 48.5. The first-order valence-corrected chi connectivity index (χ1v) is 22.3. The Morgan fingerprint density at radius 2 is 1.00 bits per heavy atom. The standard InChI is InChI=1S/C40H83N2O6P/c1-6-8-10-12-14-16-18-20-21-22-24-26-28-30-32-34-40(44)41-38(37-48-49(45,46)47-36-35-42(3,4)5)39(43)33-31-29-27-25-23-19-17-15-13-11-9-7-2/h38-39,43H,6-37H2,1-5H3,(H-,41,44,45,46). The number of amides is 1. The van der Waals surface area contributed by atoms with Crippen molar-refractivity contribution in [1.29, 1.82) is 0 Å². The highest BCUT2D eigenvalue weighted by Crippen LogP contribution is 2.38. The van der Waals surface area contributed by atoms with Gasteiger partial charge in [-0.15, -0.1) is 0 Å². The van der Waals surface area contributed by atoms with Gasteiger partial charge in [-0.1, -0.05) is 181 Å². The van der Waals surface area contributed by atoms with Gasteiger partial charge in [0.05, 0.1) is 39.9 Å². The summed E-state index contributed by atoms with van der Waals surface area (Å²) >= 11 is 0. The van der Waals surface area contributed by atoms with Crippen molar-refractivity contribution in [3.05, 3.63) is 0 Å². The van der Waals surface area contributed by atoms with Gasteiger partial charge >= 0.3 is 0 Å². The topological polar surface area (TPSA) is 108 Å². The second-order valence-electron chi connectivity index (χ2n) is 15.7. The highest BCUT2D eigenvalue weighted by Gasteiger charge is 2.24. The summed E-state index contributed by atoms with van der Waals surface area (Å²) in [6.45, 7) is 4.72. The summed E-state index contributed by atoms with van der Waals surface area (Å²) in [5.74, 6) is -0.163. The van der Waals surface area contributed by atoms with Crippen molar-refractivity contribution in [2.24, 2.45) is 0 Å². The minimum absolute atomic E-state index is 0.0158. The summed E-state index contributed by atoms with van der Waals surface area (Å²) in [7, 11) is 1.31. The zero-order chi connectivity index (χ0) is 36.5. The van der Waals surface area contributed by atoms with E-state index < -0.39 is 20.0 Å². The SMILES string of the molecule is CCCCCCCCCCCCCCCCCC(=O)NC(COP(=O)([O-])OCC[N+](C)(C)C)C(O)CCCCCCCCCCCCCC. The molecule has 0 spiro atoms. The maximum atomic E-state index is 12.8. The van der Waals surface area contributed by atoms with E-state index in [1.165, 1.54) is 135 Å². The largest absolute Gasteiger partial charge is 0.756 e. The third-order valence-electron chi connectivity index (χ3n) is 9.60. The molecule has 294 valence electrons. The molecule has 8 nitrogen and oxygen atoms in total. The summed E-state index contributed by atoms with van der Waals surface area (Å²) in [6.07, 6.45) is 33.8. The average Bonchev–Trinajstić information content (AvgIpc) is 3.04. The molecule has 0 saturated carbocycles. The van der Waals surface area contributed by atoms with Crippen molar-refractivity contribution in [2.45, 2.75) is 212 Å². The number of rotatable bonds is 38. The molecule has 0 saturated heterocycles. The number of phosphoric ester groups is 1. The molecule has 0 aromatic heterocycles.